The Bertz CT molecular complexity index is 925. The summed E-state index contributed by atoms with van der Waals surface area (Å²) in [5.41, 5.74) is 4.44. The van der Waals surface area contributed by atoms with Gasteiger partial charge in [-0.1, -0.05) is 0 Å². The molecule has 156 valence electrons. The van der Waals surface area contributed by atoms with Crippen LogP contribution < -0.4 is 15.8 Å². The molecule has 0 amide bonds. The number of hydrogen-bond acceptors (Lipinski definition) is 6. The molecule has 0 aliphatic carbocycles. The average molecular weight is 407 g/mol. The minimum atomic E-state index is -4.52. The molecule has 1 aromatic carbocycles. The Morgan fingerprint density at radius 2 is 1.90 bits per heavy atom. The second kappa shape index (κ2) is 7.47. The third kappa shape index (κ3) is 4.24. The van der Waals surface area contributed by atoms with Crippen molar-refractivity contribution < 1.29 is 18.3 Å². The minimum absolute atomic E-state index is 0.105. The number of phenols is 1. The number of likely N-dealkylation sites (N-methyl/N-ethyl adjacent to an activating group) is 1. The van der Waals surface area contributed by atoms with E-state index >= 15 is 0 Å². The molecule has 29 heavy (non-hydrogen) atoms. The van der Waals surface area contributed by atoms with Gasteiger partial charge in [-0.05, 0) is 52.2 Å². The molecule has 9 heteroatoms. The zero-order valence-electron chi connectivity index (χ0n) is 16.7. The second-order valence-electron chi connectivity index (χ2n) is 7.68. The number of hydrazine groups is 1. The van der Waals surface area contributed by atoms with Gasteiger partial charge in [0.05, 0.1) is 16.9 Å². The van der Waals surface area contributed by atoms with Crippen molar-refractivity contribution in [3.05, 3.63) is 54.0 Å². The van der Waals surface area contributed by atoms with Gasteiger partial charge < -0.3 is 15.3 Å². The number of pyridine rings is 1. The molecule has 2 aromatic rings. The van der Waals surface area contributed by atoms with Crippen molar-refractivity contribution >= 4 is 17.1 Å². The maximum absolute atomic E-state index is 12.9. The number of halogens is 3. The van der Waals surface area contributed by atoms with Crippen LogP contribution in [0.15, 0.2) is 42.9 Å². The lowest BCUT2D eigenvalue weighted by Gasteiger charge is -2.36. The Labute approximate surface area is 167 Å². The molecule has 0 fully saturated rings. The smallest absolute Gasteiger partial charge is 0.416 e. The van der Waals surface area contributed by atoms with E-state index in [-0.39, 0.29) is 11.2 Å². The predicted octanol–water partition coefficient (Wildman–Crippen LogP) is 3.69. The summed E-state index contributed by atoms with van der Waals surface area (Å²) in [7, 11) is 4.00. The van der Waals surface area contributed by atoms with Crippen LogP contribution in [0.5, 0.6) is 5.75 Å². The second-order valence-corrected chi connectivity index (χ2v) is 7.68. The van der Waals surface area contributed by atoms with Crippen molar-refractivity contribution in [3.8, 4) is 5.75 Å². The first-order valence-corrected chi connectivity index (χ1v) is 9.03. The number of hydrogen-bond donors (Lipinski definition) is 3. The predicted molar refractivity (Wildman–Crippen MR) is 106 cm³/mol. The van der Waals surface area contributed by atoms with Crippen LogP contribution in [0.3, 0.4) is 0 Å². The number of alkyl halides is 3. The summed E-state index contributed by atoms with van der Waals surface area (Å²) >= 11 is 0. The first-order valence-electron chi connectivity index (χ1n) is 9.03. The molecule has 1 aliphatic heterocycles. The Morgan fingerprint density at radius 1 is 1.17 bits per heavy atom. The Hall–Kier alpha value is -2.94. The molecular formula is C20H24F3N5O. The van der Waals surface area contributed by atoms with Gasteiger partial charge in [-0.25, -0.2) is 0 Å². The van der Waals surface area contributed by atoms with Crippen LogP contribution in [-0.2, 0) is 6.18 Å². The topological polar surface area (TPSA) is 63.7 Å². The Morgan fingerprint density at radius 3 is 2.52 bits per heavy atom. The summed E-state index contributed by atoms with van der Waals surface area (Å²) < 4.78 is 38.7. The number of fused-ring (bicyclic) bond motifs is 1. The van der Waals surface area contributed by atoms with Crippen LogP contribution in [0.2, 0.25) is 0 Å². The SMILES string of the molecule is CN(C)C(C)(C)CNC1=CNN(c2ccc(C(F)(F)F)cc2O)c2ccncc21. The molecule has 0 radical (unpaired) electrons. The van der Waals surface area contributed by atoms with Crippen LogP contribution in [0.1, 0.15) is 25.0 Å². The highest BCUT2D eigenvalue weighted by atomic mass is 19.4. The molecular weight excluding hydrogens is 383 g/mol. The van der Waals surface area contributed by atoms with E-state index in [0.717, 1.165) is 23.4 Å². The Kier molecular flexibility index (Phi) is 5.36. The number of nitrogens with zero attached hydrogens (tertiary/aromatic N) is 3. The zero-order valence-corrected chi connectivity index (χ0v) is 16.7. The summed E-state index contributed by atoms with van der Waals surface area (Å²) in [6, 6.07) is 4.62. The quantitative estimate of drug-likeness (QED) is 0.703. The van der Waals surface area contributed by atoms with E-state index in [1.165, 1.54) is 11.1 Å². The van der Waals surface area contributed by atoms with Crippen molar-refractivity contribution in [3.63, 3.8) is 0 Å². The lowest BCUT2D eigenvalue weighted by Crippen LogP contribution is -2.47. The third-order valence-corrected chi connectivity index (χ3v) is 5.13. The van der Waals surface area contributed by atoms with Gasteiger partial charge in [0.2, 0.25) is 0 Å². The molecule has 0 atom stereocenters. The fourth-order valence-electron chi connectivity index (χ4n) is 2.77. The van der Waals surface area contributed by atoms with Crippen molar-refractivity contribution in [2.75, 3.05) is 25.6 Å². The van der Waals surface area contributed by atoms with E-state index in [9.17, 15) is 18.3 Å². The molecule has 2 heterocycles. The summed E-state index contributed by atoms with van der Waals surface area (Å²) in [5.74, 6) is -0.478. The van der Waals surface area contributed by atoms with Crippen molar-refractivity contribution in [1.29, 1.82) is 0 Å². The number of benzene rings is 1. The van der Waals surface area contributed by atoms with Crippen LogP contribution in [0.25, 0.3) is 5.70 Å². The van der Waals surface area contributed by atoms with Crippen molar-refractivity contribution in [2.45, 2.75) is 25.6 Å². The van der Waals surface area contributed by atoms with Gasteiger partial charge in [-0.2, -0.15) is 13.2 Å². The third-order valence-electron chi connectivity index (χ3n) is 5.13. The lowest BCUT2D eigenvalue weighted by molar-refractivity contribution is -0.137. The largest absolute Gasteiger partial charge is 0.506 e. The number of aromatic hydroxyl groups is 1. The number of aromatic nitrogens is 1. The van der Waals surface area contributed by atoms with Gasteiger partial charge in [-0.3, -0.25) is 15.4 Å². The fourth-order valence-corrected chi connectivity index (χ4v) is 2.77. The molecule has 1 aromatic heterocycles. The maximum Gasteiger partial charge on any atom is 0.416 e. The van der Waals surface area contributed by atoms with Crippen molar-refractivity contribution in [1.82, 2.24) is 20.6 Å². The molecule has 0 saturated carbocycles. The summed E-state index contributed by atoms with van der Waals surface area (Å²) in [5, 5.41) is 15.1. The van der Waals surface area contributed by atoms with E-state index in [1.807, 2.05) is 14.1 Å². The number of nitrogens with one attached hydrogen (secondary N) is 2. The molecule has 0 spiro atoms. The summed E-state index contributed by atoms with van der Waals surface area (Å²) in [4.78, 5) is 6.27. The molecule has 1 aliphatic rings. The highest BCUT2D eigenvalue weighted by Crippen LogP contribution is 2.40. The van der Waals surface area contributed by atoms with Gasteiger partial charge in [0.25, 0.3) is 0 Å². The van der Waals surface area contributed by atoms with Crippen LogP contribution >= 0.6 is 0 Å². The first kappa shape index (κ1) is 20.8. The fraction of sp³-hybridized carbons (Fsp3) is 0.350. The zero-order chi connectivity index (χ0) is 21.4. The molecule has 0 bridgehead atoms. The number of anilines is 2. The monoisotopic (exact) mass is 407 g/mol. The van der Waals surface area contributed by atoms with E-state index in [2.05, 4.69) is 34.5 Å². The summed E-state index contributed by atoms with van der Waals surface area (Å²) in [6.07, 6.45) is 0.434. The standard InChI is InChI=1S/C20H24F3N5O/c1-19(2,27(3)4)12-25-15-11-26-28(16-7-8-24-10-14(15)16)17-6-5-13(9-18(17)29)20(21,22)23/h5-11,25-26,29H,12H2,1-4H3. The number of phenolic OH excluding ortho intramolecular Hbond substituents is 1. The van der Waals surface area contributed by atoms with Gasteiger partial charge in [-0.15, -0.1) is 0 Å². The van der Waals surface area contributed by atoms with Gasteiger partial charge in [0, 0.05) is 36.2 Å². The van der Waals surface area contributed by atoms with Crippen LogP contribution in [-0.4, -0.2) is 41.2 Å². The average Bonchev–Trinajstić information content (AvgIpc) is 2.65. The van der Waals surface area contributed by atoms with Crippen LogP contribution in [0.4, 0.5) is 24.5 Å². The normalized spacial score (nSPS) is 14.3. The van der Waals surface area contributed by atoms with E-state index in [4.69, 9.17) is 0 Å². The van der Waals surface area contributed by atoms with E-state index < -0.39 is 17.5 Å². The van der Waals surface area contributed by atoms with Crippen molar-refractivity contribution in [2.24, 2.45) is 0 Å². The highest BCUT2D eigenvalue weighted by Gasteiger charge is 2.32. The first-order chi connectivity index (χ1) is 13.5. The van der Waals surface area contributed by atoms with Gasteiger partial charge >= 0.3 is 6.18 Å². The Balaban J connectivity index is 1.91. The molecule has 0 saturated heterocycles. The lowest BCUT2D eigenvalue weighted by atomic mass is 10.0. The number of rotatable bonds is 5. The molecule has 6 nitrogen and oxygen atoms in total. The van der Waals surface area contributed by atoms with Crippen LogP contribution in [0, 0.1) is 0 Å². The molecule has 3 N–H and O–H groups in total. The van der Waals surface area contributed by atoms with Gasteiger partial charge in [0.1, 0.15) is 11.4 Å². The molecule has 3 rings (SSSR count). The molecule has 0 unspecified atom stereocenters. The van der Waals surface area contributed by atoms with E-state index in [1.54, 1.807) is 24.7 Å². The minimum Gasteiger partial charge on any atom is -0.506 e. The highest BCUT2D eigenvalue weighted by molar-refractivity contribution is 5.82. The van der Waals surface area contributed by atoms with E-state index in [0.29, 0.717) is 12.2 Å². The maximum atomic E-state index is 12.9. The summed E-state index contributed by atoms with van der Waals surface area (Å²) in [6.45, 7) is 4.87. The van der Waals surface area contributed by atoms with Gasteiger partial charge in [0.15, 0.2) is 0 Å².